The summed E-state index contributed by atoms with van der Waals surface area (Å²) in [7, 11) is 0. The normalized spacial score (nSPS) is 19.3. The maximum absolute atomic E-state index is 13.2. The standard InChI is InChI=1S/C20H21N3O3/c24-19(23-12-9-14-5-1-2-8-17(14)23)16-7-3-10-21-18(16)22-11-4-6-15(13-22)20(25)26/h1-3,5,7-8,10,15H,4,6,9,11-13H2,(H,25,26). The lowest BCUT2D eigenvalue weighted by atomic mass is 9.98. The smallest absolute Gasteiger partial charge is 0.308 e. The van der Waals surface area contributed by atoms with E-state index in [2.05, 4.69) is 11.1 Å². The van der Waals surface area contributed by atoms with Gasteiger partial charge in [-0.25, -0.2) is 4.98 Å². The van der Waals surface area contributed by atoms with Gasteiger partial charge in [0.05, 0.1) is 11.5 Å². The molecule has 1 N–H and O–H groups in total. The number of carbonyl (C=O) groups excluding carboxylic acids is 1. The highest BCUT2D eigenvalue weighted by atomic mass is 16.4. The SMILES string of the molecule is O=C(O)C1CCCN(c2ncccc2C(=O)N2CCc3ccccc32)C1. The van der Waals surface area contributed by atoms with Gasteiger partial charge in [0.1, 0.15) is 5.82 Å². The lowest BCUT2D eigenvalue weighted by Crippen LogP contribution is -2.40. The molecule has 2 aliphatic rings. The van der Waals surface area contributed by atoms with E-state index in [9.17, 15) is 14.7 Å². The second kappa shape index (κ2) is 6.78. The van der Waals surface area contributed by atoms with Crippen molar-refractivity contribution in [1.82, 2.24) is 4.98 Å². The fourth-order valence-electron chi connectivity index (χ4n) is 3.88. The maximum Gasteiger partial charge on any atom is 0.308 e. The summed E-state index contributed by atoms with van der Waals surface area (Å²) in [6, 6.07) is 11.5. The molecule has 0 aliphatic carbocycles. The van der Waals surface area contributed by atoms with Crippen molar-refractivity contribution in [3.05, 3.63) is 53.7 Å². The van der Waals surface area contributed by atoms with Crippen LogP contribution in [0.4, 0.5) is 11.5 Å². The van der Waals surface area contributed by atoms with Gasteiger partial charge in [0, 0.05) is 31.5 Å². The Morgan fingerprint density at radius 3 is 2.81 bits per heavy atom. The third kappa shape index (κ3) is 2.92. The number of aliphatic carboxylic acids is 1. The third-order valence-electron chi connectivity index (χ3n) is 5.22. The van der Waals surface area contributed by atoms with Gasteiger partial charge < -0.3 is 14.9 Å². The number of hydrogen-bond donors (Lipinski definition) is 1. The van der Waals surface area contributed by atoms with Gasteiger partial charge in [0.25, 0.3) is 5.91 Å². The van der Waals surface area contributed by atoms with Crippen LogP contribution >= 0.6 is 0 Å². The van der Waals surface area contributed by atoms with Gasteiger partial charge in [-0.3, -0.25) is 9.59 Å². The van der Waals surface area contributed by atoms with Crippen LogP contribution in [-0.4, -0.2) is 41.6 Å². The number of amides is 1. The van der Waals surface area contributed by atoms with Crippen LogP contribution in [0.1, 0.15) is 28.8 Å². The molecule has 2 aliphatic heterocycles. The number of nitrogens with zero attached hydrogens (tertiary/aromatic N) is 3. The van der Waals surface area contributed by atoms with Crippen molar-refractivity contribution in [3.8, 4) is 0 Å². The van der Waals surface area contributed by atoms with Crippen molar-refractivity contribution in [1.29, 1.82) is 0 Å². The second-order valence-electron chi connectivity index (χ2n) is 6.83. The fraction of sp³-hybridized carbons (Fsp3) is 0.350. The first-order valence-electron chi connectivity index (χ1n) is 8.97. The average Bonchev–Trinajstić information content (AvgIpc) is 3.11. The van der Waals surface area contributed by atoms with Gasteiger partial charge in [-0.1, -0.05) is 18.2 Å². The van der Waals surface area contributed by atoms with E-state index in [1.807, 2.05) is 23.1 Å². The molecule has 2 aromatic rings. The largest absolute Gasteiger partial charge is 0.481 e. The molecule has 1 amide bonds. The highest BCUT2D eigenvalue weighted by Gasteiger charge is 2.31. The number of carboxylic acids is 1. The molecule has 4 rings (SSSR count). The second-order valence-corrected chi connectivity index (χ2v) is 6.83. The van der Waals surface area contributed by atoms with E-state index in [-0.39, 0.29) is 5.91 Å². The van der Waals surface area contributed by atoms with Crippen molar-refractivity contribution in [2.45, 2.75) is 19.3 Å². The van der Waals surface area contributed by atoms with Crippen molar-refractivity contribution in [3.63, 3.8) is 0 Å². The van der Waals surface area contributed by atoms with Crippen LogP contribution < -0.4 is 9.80 Å². The minimum atomic E-state index is -0.785. The Morgan fingerprint density at radius 1 is 1.12 bits per heavy atom. The number of carbonyl (C=O) groups is 2. The Balaban J connectivity index is 1.64. The van der Waals surface area contributed by atoms with E-state index >= 15 is 0 Å². The van der Waals surface area contributed by atoms with Gasteiger partial charge in [-0.2, -0.15) is 0 Å². The molecule has 0 saturated carbocycles. The average molecular weight is 351 g/mol. The Bertz CT molecular complexity index is 852. The van der Waals surface area contributed by atoms with E-state index in [0.29, 0.717) is 30.9 Å². The number of hydrogen-bond acceptors (Lipinski definition) is 4. The molecule has 1 aromatic carbocycles. The number of benzene rings is 1. The van der Waals surface area contributed by atoms with E-state index in [0.717, 1.165) is 25.1 Å². The number of pyridine rings is 1. The molecule has 1 atom stereocenters. The molecule has 1 fully saturated rings. The minimum Gasteiger partial charge on any atom is -0.481 e. The zero-order chi connectivity index (χ0) is 18.1. The van der Waals surface area contributed by atoms with Crippen LogP contribution in [0.3, 0.4) is 0 Å². The topological polar surface area (TPSA) is 73.7 Å². The summed E-state index contributed by atoms with van der Waals surface area (Å²) in [6.45, 7) is 1.77. The highest BCUT2D eigenvalue weighted by Crippen LogP contribution is 2.31. The van der Waals surface area contributed by atoms with Crippen LogP contribution in [0, 0.1) is 5.92 Å². The first-order valence-corrected chi connectivity index (χ1v) is 8.97. The summed E-state index contributed by atoms with van der Waals surface area (Å²) >= 11 is 0. The van der Waals surface area contributed by atoms with E-state index in [4.69, 9.17) is 0 Å². The molecule has 1 aromatic heterocycles. The summed E-state index contributed by atoms with van der Waals surface area (Å²) in [5.41, 5.74) is 2.67. The van der Waals surface area contributed by atoms with Crippen LogP contribution in [0.2, 0.25) is 0 Å². The Hall–Kier alpha value is -2.89. The summed E-state index contributed by atoms with van der Waals surface area (Å²) < 4.78 is 0. The van der Waals surface area contributed by atoms with E-state index in [1.165, 1.54) is 5.56 Å². The lowest BCUT2D eigenvalue weighted by molar-refractivity contribution is -0.141. The summed E-state index contributed by atoms with van der Waals surface area (Å²) in [6.07, 6.45) is 3.96. The van der Waals surface area contributed by atoms with Crippen molar-refractivity contribution in [2.75, 3.05) is 29.4 Å². The van der Waals surface area contributed by atoms with Crippen LogP contribution in [0.5, 0.6) is 0 Å². The number of piperidine rings is 1. The number of aromatic nitrogens is 1. The van der Waals surface area contributed by atoms with Gasteiger partial charge in [0.15, 0.2) is 0 Å². The molecule has 6 nitrogen and oxygen atoms in total. The first-order chi connectivity index (χ1) is 12.6. The predicted octanol–water partition coefficient (Wildman–Crippen LogP) is 2.59. The number of rotatable bonds is 3. The van der Waals surface area contributed by atoms with E-state index < -0.39 is 11.9 Å². The summed E-state index contributed by atoms with van der Waals surface area (Å²) in [5.74, 6) is -0.684. The third-order valence-corrected chi connectivity index (χ3v) is 5.22. The number of anilines is 2. The minimum absolute atomic E-state index is 0.0736. The Labute approximate surface area is 152 Å². The molecule has 134 valence electrons. The Morgan fingerprint density at radius 2 is 1.96 bits per heavy atom. The van der Waals surface area contributed by atoms with Gasteiger partial charge >= 0.3 is 5.97 Å². The molecule has 1 unspecified atom stereocenters. The number of fused-ring (bicyclic) bond motifs is 1. The number of para-hydroxylation sites is 1. The fourth-order valence-corrected chi connectivity index (χ4v) is 3.88. The van der Waals surface area contributed by atoms with Crippen molar-refractivity contribution >= 4 is 23.4 Å². The zero-order valence-corrected chi connectivity index (χ0v) is 14.5. The molecule has 0 spiro atoms. The molecular weight excluding hydrogens is 330 g/mol. The molecule has 26 heavy (non-hydrogen) atoms. The monoisotopic (exact) mass is 351 g/mol. The van der Waals surface area contributed by atoms with Crippen LogP contribution in [0.15, 0.2) is 42.6 Å². The number of carboxylic acid groups (broad SMARTS) is 1. The maximum atomic E-state index is 13.2. The first kappa shape index (κ1) is 16.6. The van der Waals surface area contributed by atoms with E-state index in [1.54, 1.807) is 23.2 Å². The molecular formula is C20H21N3O3. The lowest BCUT2D eigenvalue weighted by Gasteiger charge is -2.33. The highest BCUT2D eigenvalue weighted by molar-refractivity contribution is 6.10. The zero-order valence-electron chi connectivity index (χ0n) is 14.5. The van der Waals surface area contributed by atoms with Gasteiger partial charge in [-0.15, -0.1) is 0 Å². The molecule has 3 heterocycles. The quantitative estimate of drug-likeness (QED) is 0.920. The van der Waals surface area contributed by atoms with Crippen molar-refractivity contribution in [2.24, 2.45) is 5.92 Å². The van der Waals surface area contributed by atoms with Crippen LogP contribution in [0.25, 0.3) is 0 Å². The Kier molecular flexibility index (Phi) is 4.32. The summed E-state index contributed by atoms with van der Waals surface area (Å²) in [5, 5.41) is 9.34. The molecule has 6 heteroatoms. The molecule has 0 radical (unpaired) electrons. The predicted molar refractivity (Wildman–Crippen MR) is 98.6 cm³/mol. The van der Waals surface area contributed by atoms with Crippen LogP contribution in [-0.2, 0) is 11.2 Å². The molecule has 0 bridgehead atoms. The van der Waals surface area contributed by atoms with Gasteiger partial charge in [0.2, 0.25) is 0 Å². The van der Waals surface area contributed by atoms with Crippen molar-refractivity contribution < 1.29 is 14.7 Å². The van der Waals surface area contributed by atoms with Gasteiger partial charge in [-0.05, 0) is 43.0 Å². The molecule has 1 saturated heterocycles. The summed E-state index contributed by atoms with van der Waals surface area (Å²) in [4.78, 5) is 32.8.